The van der Waals surface area contributed by atoms with E-state index in [0.29, 0.717) is 18.8 Å². The van der Waals surface area contributed by atoms with Crippen molar-refractivity contribution in [3.05, 3.63) is 50.4 Å². The summed E-state index contributed by atoms with van der Waals surface area (Å²) >= 11 is 5.01. The van der Waals surface area contributed by atoms with Crippen LogP contribution in [0.25, 0.3) is 0 Å². The number of carbonyl (C=O) groups is 1. The summed E-state index contributed by atoms with van der Waals surface area (Å²) in [5.74, 6) is 0.980. The summed E-state index contributed by atoms with van der Waals surface area (Å²) in [6.45, 7) is 6.41. The monoisotopic (exact) mass is 365 g/mol. The second kappa shape index (κ2) is 7.32. The second-order valence-electron chi connectivity index (χ2n) is 5.72. The maximum atomic E-state index is 12.2. The zero-order valence-corrected chi connectivity index (χ0v) is 15.0. The molecule has 2 aromatic rings. The van der Waals surface area contributed by atoms with Gasteiger partial charge < -0.3 is 0 Å². The topological polar surface area (TPSA) is 30.0 Å². The molecule has 21 heavy (non-hydrogen) atoms. The zero-order chi connectivity index (χ0) is 15.4. The van der Waals surface area contributed by atoms with Crippen molar-refractivity contribution in [2.75, 3.05) is 0 Å². The number of hydrogen-bond acceptors (Lipinski definition) is 3. The van der Waals surface area contributed by atoms with E-state index in [-0.39, 0.29) is 11.7 Å². The fraction of sp³-hybridized carbons (Fsp3) is 0.412. The van der Waals surface area contributed by atoms with Gasteiger partial charge in [0.15, 0.2) is 0 Å². The molecular formula is C17H20BrNOS. The highest BCUT2D eigenvalue weighted by molar-refractivity contribution is 9.11. The number of rotatable bonds is 6. The van der Waals surface area contributed by atoms with E-state index in [1.54, 1.807) is 17.5 Å². The molecule has 2 rings (SSSR count). The summed E-state index contributed by atoms with van der Waals surface area (Å²) in [6, 6.07) is 8.37. The number of benzene rings is 1. The van der Waals surface area contributed by atoms with Gasteiger partial charge in [-0.1, -0.05) is 45.0 Å². The van der Waals surface area contributed by atoms with Crippen molar-refractivity contribution >= 4 is 33.0 Å². The van der Waals surface area contributed by atoms with Crippen LogP contribution in [0.4, 0.5) is 0 Å². The van der Waals surface area contributed by atoms with Crippen LogP contribution in [0.5, 0.6) is 0 Å². The van der Waals surface area contributed by atoms with Crippen molar-refractivity contribution in [3.8, 4) is 0 Å². The number of halogens is 1. The molecule has 1 atom stereocenters. The number of ketones is 1. The highest BCUT2D eigenvalue weighted by Crippen LogP contribution is 2.28. The molecule has 112 valence electrons. The van der Waals surface area contributed by atoms with Crippen molar-refractivity contribution in [1.82, 2.24) is 4.98 Å². The van der Waals surface area contributed by atoms with Crippen LogP contribution in [-0.2, 0) is 11.2 Å². The molecule has 1 aromatic carbocycles. The minimum atomic E-state index is 0.184. The molecule has 0 bridgehead atoms. The molecule has 0 aliphatic heterocycles. The van der Waals surface area contributed by atoms with Crippen LogP contribution < -0.4 is 0 Å². The summed E-state index contributed by atoms with van der Waals surface area (Å²) in [5, 5.41) is 1.02. The van der Waals surface area contributed by atoms with Crippen molar-refractivity contribution in [3.63, 3.8) is 0 Å². The van der Waals surface area contributed by atoms with Gasteiger partial charge in [0, 0.05) is 18.8 Å². The first-order valence-corrected chi connectivity index (χ1v) is 8.78. The standard InChI is InChI=1S/C17H20BrNOS/c1-11(2)14-6-4-13(5-7-14)9-15(20)8-12(3)17-19-10-16(18)21-17/h4-7,10-12H,8-9H2,1-3H3/t12-/m0/s1. The first-order chi connectivity index (χ1) is 9.95. The third-order valence-electron chi connectivity index (χ3n) is 3.50. The molecule has 0 amide bonds. The Morgan fingerprint density at radius 1 is 1.24 bits per heavy atom. The molecule has 4 heteroatoms. The molecule has 1 heterocycles. The Balaban J connectivity index is 1.92. The molecule has 1 aromatic heterocycles. The fourth-order valence-corrected chi connectivity index (χ4v) is 3.54. The highest BCUT2D eigenvalue weighted by Gasteiger charge is 2.15. The van der Waals surface area contributed by atoms with E-state index in [1.807, 2.05) is 0 Å². The molecule has 0 N–H and O–H groups in total. The first kappa shape index (κ1) is 16.4. The van der Waals surface area contributed by atoms with Gasteiger partial charge in [0.1, 0.15) is 5.78 Å². The van der Waals surface area contributed by atoms with E-state index in [2.05, 4.69) is 66.0 Å². The van der Waals surface area contributed by atoms with Gasteiger partial charge in [-0.3, -0.25) is 4.79 Å². The minimum Gasteiger partial charge on any atom is -0.299 e. The molecule has 0 aliphatic rings. The third kappa shape index (κ3) is 4.75. The lowest BCUT2D eigenvalue weighted by atomic mass is 9.97. The summed E-state index contributed by atoms with van der Waals surface area (Å²) in [4.78, 5) is 16.5. The van der Waals surface area contributed by atoms with Gasteiger partial charge >= 0.3 is 0 Å². The molecular weight excluding hydrogens is 346 g/mol. The molecule has 0 aliphatic carbocycles. The predicted octanol–water partition coefficient (Wildman–Crippen LogP) is 5.33. The van der Waals surface area contributed by atoms with E-state index < -0.39 is 0 Å². The molecule has 0 radical (unpaired) electrons. The van der Waals surface area contributed by atoms with Gasteiger partial charge in [-0.05, 0) is 33.0 Å². The van der Waals surface area contributed by atoms with Crippen molar-refractivity contribution < 1.29 is 4.79 Å². The average molecular weight is 366 g/mol. The van der Waals surface area contributed by atoms with Crippen LogP contribution in [0.2, 0.25) is 0 Å². The van der Waals surface area contributed by atoms with E-state index in [0.717, 1.165) is 14.4 Å². The Hall–Kier alpha value is -1.00. The van der Waals surface area contributed by atoms with E-state index in [9.17, 15) is 4.79 Å². The van der Waals surface area contributed by atoms with Crippen LogP contribution in [0.15, 0.2) is 34.2 Å². The Labute approximate surface area is 138 Å². The van der Waals surface area contributed by atoms with Crippen molar-refractivity contribution in [2.24, 2.45) is 0 Å². The fourth-order valence-electron chi connectivity index (χ4n) is 2.24. The van der Waals surface area contributed by atoms with Crippen molar-refractivity contribution in [1.29, 1.82) is 0 Å². The molecule has 2 nitrogen and oxygen atoms in total. The molecule has 0 saturated carbocycles. The number of Topliss-reactive ketones (excluding diaryl/α,β-unsaturated/α-hetero) is 1. The SMILES string of the molecule is CC(C)c1ccc(CC(=O)C[C@H](C)c2ncc(Br)s2)cc1. The number of aromatic nitrogens is 1. The largest absolute Gasteiger partial charge is 0.299 e. The second-order valence-corrected chi connectivity index (χ2v) is 8.16. The molecule has 0 saturated heterocycles. The van der Waals surface area contributed by atoms with Gasteiger partial charge in [-0.15, -0.1) is 11.3 Å². The summed E-state index contributed by atoms with van der Waals surface area (Å²) < 4.78 is 1.01. The zero-order valence-electron chi connectivity index (χ0n) is 12.6. The Morgan fingerprint density at radius 3 is 2.43 bits per heavy atom. The number of carbonyl (C=O) groups excluding carboxylic acids is 1. The molecule has 0 spiro atoms. The van der Waals surface area contributed by atoms with Crippen LogP contribution in [0.3, 0.4) is 0 Å². The van der Waals surface area contributed by atoms with E-state index in [4.69, 9.17) is 0 Å². The van der Waals surface area contributed by atoms with Crippen LogP contribution in [-0.4, -0.2) is 10.8 Å². The first-order valence-electron chi connectivity index (χ1n) is 7.17. The average Bonchev–Trinajstić information content (AvgIpc) is 2.86. The van der Waals surface area contributed by atoms with Crippen LogP contribution in [0, 0.1) is 0 Å². The van der Waals surface area contributed by atoms with Gasteiger partial charge in [0.2, 0.25) is 0 Å². The van der Waals surface area contributed by atoms with E-state index in [1.165, 1.54) is 5.56 Å². The van der Waals surface area contributed by atoms with Crippen molar-refractivity contribution in [2.45, 2.75) is 45.4 Å². The molecule has 0 unspecified atom stereocenters. The van der Waals surface area contributed by atoms with Crippen LogP contribution in [0.1, 0.15) is 55.2 Å². The Bertz CT molecular complexity index is 604. The lowest BCUT2D eigenvalue weighted by molar-refractivity contribution is -0.118. The Kier molecular flexibility index (Phi) is 5.71. The minimum absolute atomic E-state index is 0.184. The van der Waals surface area contributed by atoms with Crippen LogP contribution >= 0.6 is 27.3 Å². The van der Waals surface area contributed by atoms with Gasteiger partial charge in [0.05, 0.1) is 15.0 Å². The predicted molar refractivity (Wildman–Crippen MR) is 92.1 cm³/mol. The lowest BCUT2D eigenvalue weighted by Crippen LogP contribution is -2.07. The number of nitrogens with zero attached hydrogens (tertiary/aromatic N) is 1. The smallest absolute Gasteiger partial charge is 0.137 e. The summed E-state index contributed by atoms with van der Waals surface area (Å²) in [6.07, 6.45) is 2.85. The molecule has 0 fully saturated rings. The lowest BCUT2D eigenvalue weighted by Gasteiger charge is -2.09. The van der Waals surface area contributed by atoms with Gasteiger partial charge in [0.25, 0.3) is 0 Å². The Morgan fingerprint density at radius 2 is 1.90 bits per heavy atom. The maximum Gasteiger partial charge on any atom is 0.137 e. The number of thiazole rings is 1. The normalized spacial score (nSPS) is 12.6. The number of hydrogen-bond donors (Lipinski definition) is 0. The highest BCUT2D eigenvalue weighted by atomic mass is 79.9. The van der Waals surface area contributed by atoms with Gasteiger partial charge in [-0.25, -0.2) is 4.98 Å². The van der Waals surface area contributed by atoms with Gasteiger partial charge in [-0.2, -0.15) is 0 Å². The third-order valence-corrected chi connectivity index (χ3v) is 5.21. The summed E-state index contributed by atoms with van der Waals surface area (Å²) in [5.41, 5.74) is 2.41. The van der Waals surface area contributed by atoms with E-state index >= 15 is 0 Å². The summed E-state index contributed by atoms with van der Waals surface area (Å²) in [7, 11) is 0. The quantitative estimate of drug-likeness (QED) is 0.691. The maximum absolute atomic E-state index is 12.2.